The second-order valence-corrected chi connectivity index (χ2v) is 7.21. The van der Waals surface area contributed by atoms with Crippen molar-refractivity contribution < 1.29 is 14.3 Å². The minimum atomic E-state index is -0.241. The molecule has 1 saturated heterocycles. The molecular formula is C22H29N3O3. The zero-order valence-corrected chi connectivity index (χ0v) is 16.8. The summed E-state index contributed by atoms with van der Waals surface area (Å²) in [5.41, 5.74) is 2.92. The number of carbonyl (C=O) groups is 1. The topological polar surface area (TPSA) is 62.8 Å². The number of rotatable bonds is 6. The Morgan fingerprint density at radius 2 is 1.71 bits per heavy atom. The first-order valence-corrected chi connectivity index (χ1v) is 9.70. The summed E-state index contributed by atoms with van der Waals surface area (Å²) in [6.07, 6.45) is 2.47. The largest absolute Gasteiger partial charge is 0.493 e. The van der Waals surface area contributed by atoms with Gasteiger partial charge in [0.1, 0.15) is 0 Å². The third kappa shape index (κ3) is 5.09. The molecule has 3 rings (SSSR count). The van der Waals surface area contributed by atoms with Gasteiger partial charge in [-0.3, -0.25) is 0 Å². The number of hydrogen-bond acceptors (Lipinski definition) is 4. The normalized spacial score (nSPS) is 14.5. The molecule has 0 bridgehead atoms. The van der Waals surface area contributed by atoms with Crippen LogP contribution in [0.3, 0.4) is 0 Å². The van der Waals surface area contributed by atoms with Gasteiger partial charge in [-0.25, -0.2) is 4.79 Å². The molecule has 6 nitrogen and oxygen atoms in total. The van der Waals surface area contributed by atoms with E-state index >= 15 is 0 Å². The molecule has 0 unspecified atom stereocenters. The van der Waals surface area contributed by atoms with Crippen LogP contribution in [0.2, 0.25) is 0 Å². The van der Waals surface area contributed by atoms with Crippen LogP contribution >= 0.6 is 0 Å². The number of ether oxygens (including phenoxy) is 2. The van der Waals surface area contributed by atoms with Gasteiger partial charge >= 0.3 is 6.03 Å². The highest BCUT2D eigenvalue weighted by atomic mass is 16.5. The van der Waals surface area contributed by atoms with Crippen LogP contribution < -0.4 is 25.0 Å². The molecule has 0 spiro atoms. The summed E-state index contributed by atoms with van der Waals surface area (Å²) in [4.78, 5) is 14.6. The average Bonchev–Trinajstić information content (AvgIpc) is 2.73. The number of piperidine rings is 1. The van der Waals surface area contributed by atoms with Gasteiger partial charge in [0.15, 0.2) is 11.5 Å². The molecule has 0 atom stereocenters. The van der Waals surface area contributed by atoms with Crippen molar-refractivity contribution in [2.45, 2.75) is 26.3 Å². The monoisotopic (exact) mass is 383 g/mol. The van der Waals surface area contributed by atoms with E-state index in [1.165, 1.54) is 18.5 Å². The molecular weight excluding hydrogens is 354 g/mol. The van der Waals surface area contributed by atoms with Crippen molar-refractivity contribution >= 4 is 17.4 Å². The highest BCUT2D eigenvalue weighted by Gasteiger charge is 2.16. The van der Waals surface area contributed by atoms with Gasteiger partial charge in [-0.15, -0.1) is 0 Å². The SMILES string of the molecule is COc1ccc(CNC(=O)Nc2ccc(N3CCC(C)CC3)cc2)cc1OC. The molecule has 0 radical (unpaired) electrons. The van der Waals surface area contributed by atoms with Crippen LogP contribution in [-0.2, 0) is 6.54 Å². The minimum Gasteiger partial charge on any atom is -0.493 e. The Bertz CT molecular complexity index is 784. The maximum Gasteiger partial charge on any atom is 0.319 e. The molecule has 1 fully saturated rings. The predicted octanol–water partition coefficient (Wildman–Crippen LogP) is 4.26. The second kappa shape index (κ2) is 9.35. The first-order chi connectivity index (χ1) is 13.6. The van der Waals surface area contributed by atoms with Crippen LogP contribution in [0.25, 0.3) is 0 Å². The number of anilines is 2. The van der Waals surface area contributed by atoms with Gasteiger partial charge in [0.25, 0.3) is 0 Å². The van der Waals surface area contributed by atoms with E-state index in [-0.39, 0.29) is 6.03 Å². The summed E-state index contributed by atoms with van der Waals surface area (Å²) in [6.45, 7) is 4.90. The Morgan fingerprint density at radius 3 is 2.36 bits per heavy atom. The average molecular weight is 383 g/mol. The lowest BCUT2D eigenvalue weighted by atomic mass is 9.99. The van der Waals surface area contributed by atoms with Gasteiger partial charge < -0.3 is 25.0 Å². The third-order valence-corrected chi connectivity index (χ3v) is 5.17. The smallest absolute Gasteiger partial charge is 0.319 e. The van der Waals surface area contributed by atoms with Gasteiger partial charge in [-0.2, -0.15) is 0 Å². The minimum absolute atomic E-state index is 0.241. The Kier molecular flexibility index (Phi) is 6.63. The maximum atomic E-state index is 12.2. The first kappa shape index (κ1) is 19.9. The van der Waals surface area contributed by atoms with Crippen molar-refractivity contribution in [1.82, 2.24) is 5.32 Å². The predicted molar refractivity (Wildman–Crippen MR) is 112 cm³/mol. The van der Waals surface area contributed by atoms with Crippen LogP contribution in [0, 0.1) is 5.92 Å². The van der Waals surface area contributed by atoms with Crippen molar-refractivity contribution in [1.29, 1.82) is 0 Å². The maximum absolute atomic E-state index is 12.2. The number of nitrogens with one attached hydrogen (secondary N) is 2. The number of benzene rings is 2. The van der Waals surface area contributed by atoms with E-state index in [4.69, 9.17) is 9.47 Å². The summed E-state index contributed by atoms with van der Waals surface area (Å²) in [6, 6.07) is 13.4. The quantitative estimate of drug-likeness (QED) is 0.782. The fourth-order valence-corrected chi connectivity index (χ4v) is 3.37. The van der Waals surface area contributed by atoms with E-state index in [1.807, 2.05) is 30.3 Å². The Labute approximate surface area is 166 Å². The van der Waals surface area contributed by atoms with E-state index in [9.17, 15) is 4.79 Å². The number of nitrogens with zero attached hydrogens (tertiary/aromatic N) is 1. The zero-order valence-electron chi connectivity index (χ0n) is 16.8. The lowest BCUT2D eigenvalue weighted by Gasteiger charge is -2.32. The van der Waals surface area contributed by atoms with Crippen LogP contribution in [0.1, 0.15) is 25.3 Å². The molecule has 1 heterocycles. The fraction of sp³-hybridized carbons (Fsp3) is 0.409. The molecule has 2 aromatic carbocycles. The molecule has 0 aromatic heterocycles. The number of carbonyl (C=O) groups excluding carboxylic acids is 1. The molecule has 2 amide bonds. The highest BCUT2D eigenvalue weighted by Crippen LogP contribution is 2.27. The van der Waals surface area contributed by atoms with E-state index in [1.54, 1.807) is 14.2 Å². The Hall–Kier alpha value is -2.89. The van der Waals surface area contributed by atoms with E-state index in [0.29, 0.717) is 18.0 Å². The standard InChI is InChI=1S/C22H29N3O3/c1-16-10-12-25(13-11-16)19-7-5-18(6-8-19)24-22(26)23-15-17-4-9-20(27-2)21(14-17)28-3/h4-9,14,16H,10-13,15H2,1-3H3,(H2,23,24,26). The summed E-state index contributed by atoms with van der Waals surface area (Å²) >= 11 is 0. The van der Waals surface area contributed by atoms with Gasteiger partial charge in [0.2, 0.25) is 0 Å². The molecule has 1 aliphatic heterocycles. The number of methoxy groups -OCH3 is 2. The zero-order chi connectivity index (χ0) is 19.9. The van der Waals surface area contributed by atoms with Crippen molar-refractivity contribution in [3.8, 4) is 11.5 Å². The number of hydrogen-bond donors (Lipinski definition) is 2. The van der Waals surface area contributed by atoms with Gasteiger partial charge in [0.05, 0.1) is 14.2 Å². The summed E-state index contributed by atoms with van der Waals surface area (Å²) in [7, 11) is 3.19. The summed E-state index contributed by atoms with van der Waals surface area (Å²) in [5.74, 6) is 2.12. The van der Waals surface area contributed by atoms with Crippen molar-refractivity contribution in [2.75, 3.05) is 37.5 Å². The van der Waals surface area contributed by atoms with Crippen molar-refractivity contribution in [3.63, 3.8) is 0 Å². The molecule has 0 saturated carbocycles. The Morgan fingerprint density at radius 1 is 1.04 bits per heavy atom. The number of urea groups is 1. The molecule has 150 valence electrons. The molecule has 2 aromatic rings. The van der Waals surface area contributed by atoms with E-state index in [2.05, 4.69) is 34.6 Å². The molecule has 0 aliphatic carbocycles. The molecule has 1 aliphatic rings. The lowest BCUT2D eigenvalue weighted by Crippen LogP contribution is -2.32. The lowest BCUT2D eigenvalue weighted by molar-refractivity contribution is 0.251. The fourth-order valence-electron chi connectivity index (χ4n) is 3.37. The number of amides is 2. The van der Waals surface area contributed by atoms with Crippen LogP contribution in [0.5, 0.6) is 11.5 Å². The molecule has 6 heteroatoms. The third-order valence-electron chi connectivity index (χ3n) is 5.17. The van der Waals surface area contributed by atoms with Gasteiger partial charge in [0, 0.05) is 31.0 Å². The van der Waals surface area contributed by atoms with Crippen molar-refractivity contribution in [2.24, 2.45) is 5.92 Å². The second-order valence-electron chi connectivity index (χ2n) is 7.21. The van der Waals surface area contributed by atoms with Gasteiger partial charge in [-0.1, -0.05) is 13.0 Å². The highest BCUT2D eigenvalue weighted by molar-refractivity contribution is 5.89. The van der Waals surface area contributed by atoms with Crippen LogP contribution in [0.15, 0.2) is 42.5 Å². The molecule has 2 N–H and O–H groups in total. The van der Waals surface area contributed by atoms with E-state index < -0.39 is 0 Å². The summed E-state index contributed by atoms with van der Waals surface area (Å²) < 4.78 is 10.5. The van der Waals surface area contributed by atoms with Crippen molar-refractivity contribution in [3.05, 3.63) is 48.0 Å². The van der Waals surface area contributed by atoms with Crippen LogP contribution in [0.4, 0.5) is 16.2 Å². The Balaban J connectivity index is 1.51. The molecule has 28 heavy (non-hydrogen) atoms. The van der Waals surface area contributed by atoms with Crippen LogP contribution in [-0.4, -0.2) is 33.3 Å². The van der Waals surface area contributed by atoms with E-state index in [0.717, 1.165) is 30.3 Å². The summed E-state index contributed by atoms with van der Waals surface area (Å²) in [5, 5.41) is 5.74. The van der Waals surface area contributed by atoms with Gasteiger partial charge in [-0.05, 0) is 60.7 Å². The first-order valence-electron chi connectivity index (χ1n) is 9.70.